The van der Waals surface area contributed by atoms with E-state index in [1.165, 1.54) is 39.0 Å². The van der Waals surface area contributed by atoms with Gasteiger partial charge in [0.1, 0.15) is 0 Å². The minimum atomic E-state index is 0.563. The van der Waals surface area contributed by atoms with Crippen LogP contribution in [0.25, 0.3) is 0 Å². The molecule has 2 aliphatic rings. The van der Waals surface area contributed by atoms with Crippen LogP contribution in [0.3, 0.4) is 0 Å². The molecule has 2 rings (SSSR count). The second kappa shape index (κ2) is 7.58. The number of likely N-dealkylation sites (N-methyl/N-ethyl adjacent to an activating group) is 1. The summed E-state index contributed by atoms with van der Waals surface area (Å²) in [6, 6.07) is 1.23. The van der Waals surface area contributed by atoms with Crippen LogP contribution in [0, 0.1) is 5.92 Å². The Bertz CT molecular complexity index is 262. The summed E-state index contributed by atoms with van der Waals surface area (Å²) >= 11 is 0. The van der Waals surface area contributed by atoms with Crippen molar-refractivity contribution in [3.05, 3.63) is 0 Å². The molecule has 0 aromatic heterocycles. The zero-order valence-electron chi connectivity index (χ0n) is 12.9. The van der Waals surface area contributed by atoms with Crippen molar-refractivity contribution in [1.82, 2.24) is 15.1 Å². The smallest absolute Gasteiger partial charge is 0.0623 e. The molecule has 0 bridgehead atoms. The van der Waals surface area contributed by atoms with Crippen molar-refractivity contribution in [2.75, 3.05) is 53.0 Å². The fraction of sp³-hybridized carbons (Fsp3) is 1.00. The van der Waals surface area contributed by atoms with Crippen molar-refractivity contribution in [3.63, 3.8) is 0 Å². The van der Waals surface area contributed by atoms with Gasteiger partial charge in [-0.15, -0.1) is 0 Å². The lowest BCUT2D eigenvalue weighted by atomic mass is 10.0. The molecule has 0 amide bonds. The fourth-order valence-electron chi connectivity index (χ4n) is 3.33. The van der Waals surface area contributed by atoms with E-state index in [0.29, 0.717) is 18.0 Å². The summed E-state index contributed by atoms with van der Waals surface area (Å²) in [5, 5.41) is 3.65. The molecule has 2 heterocycles. The average Bonchev–Trinajstić information content (AvgIpc) is 2.75. The number of hydrogen-bond donors (Lipinski definition) is 1. The van der Waals surface area contributed by atoms with E-state index in [4.69, 9.17) is 4.74 Å². The minimum Gasteiger partial charge on any atom is -0.379 e. The highest BCUT2D eigenvalue weighted by molar-refractivity contribution is 4.86. The lowest BCUT2D eigenvalue weighted by Gasteiger charge is -2.31. The van der Waals surface area contributed by atoms with E-state index in [1.807, 2.05) is 0 Å². The summed E-state index contributed by atoms with van der Waals surface area (Å²) in [6.07, 6.45) is 2.50. The van der Waals surface area contributed by atoms with E-state index in [9.17, 15) is 0 Å². The highest BCUT2D eigenvalue weighted by Gasteiger charge is 2.31. The molecule has 0 spiro atoms. The molecule has 3 unspecified atom stereocenters. The van der Waals surface area contributed by atoms with Crippen LogP contribution in [0.1, 0.15) is 26.7 Å². The Labute approximate surface area is 118 Å². The topological polar surface area (TPSA) is 27.7 Å². The average molecular weight is 269 g/mol. The molecule has 2 fully saturated rings. The van der Waals surface area contributed by atoms with E-state index in [1.54, 1.807) is 0 Å². The quantitative estimate of drug-likeness (QED) is 0.807. The number of ether oxygens (including phenoxy) is 1. The molecule has 2 saturated heterocycles. The molecule has 112 valence electrons. The summed E-state index contributed by atoms with van der Waals surface area (Å²) in [4.78, 5) is 5.13. The maximum Gasteiger partial charge on any atom is 0.0623 e. The van der Waals surface area contributed by atoms with E-state index >= 15 is 0 Å². The van der Waals surface area contributed by atoms with Crippen LogP contribution in [0.15, 0.2) is 0 Å². The Morgan fingerprint density at radius 2 is 2.11 bits per heavy atom. The van der Waals surface area contributed by atoms with Gasteiger partial charge in [0.05, 0.1) is 13.2 Å². The predicted octanol–water partition coefficient (Wildman–Crippen LogP) is 1.03. The molecule has 0 saturated carbocycles. The second-order valence-electron chi connectivity index (χ2n) is 6.32. The van der Waals surface area contributed by atoms with Gasteiger partial charge in [-0.2, -0.15) is 0 Å². The molecule has 4 heteroatoms. The Kier molecular flexibility index (Phi) is 6.07. The Morgan fingerprint density at radius 3 is 2.89 bits per heavy atom. The van der Waals surface area contributed by atoms with Gasteiger partial charge in [0.2, 0.25) is 0 Å². The maximum atomic E-state index is 5.70. The number of hydrogen-bond acceptors (Lipinski definition) is 4. The normalized spacial score (nSPS) is 34.6. The van der Waals surface area contributed by atoms with Crippen LogP contribution in [-0.4, -0.2) is 74.9 Å². The van der Waals surface area contributed by atoms with Gasteiger partial charge < -0.3 is 15.0 Å². The standard InChI is InChI=1S/C15H31N3O/c1-4-6-16-15-12-19-11-14(15)10-18-8-5-7-17(3)9-13(18)2/h13-16H,4-12H2,1-3H3. The van der Waals surface area contributed by atoms with Crippen molar-refractivity contribution in [2.24, 2.45) is 5.92 Å². The molecular formula is C15H31N3O. The predicted molar refractivity (Wildman–Crippen MR) is 79.5 cm³/mol. The largest absolute Gasteiger partial charge is 0.379 e. The van der Waals surface area contributed by atoms with Crippen LogP contribution in [0.4, 0.5) is 0 Å². The first-order valence-corrected chi connectivity index (χ1v) is 7.94. The summed E-state index contributed by atoms with van der Waals surface area (Å²) < 4.78 is 5.70. The van der Waals surface area contributed by atoms with Crippen LogP contribution in [0.2, 0.25) is 0 Å². The van der Waals surface area contributed by atoms with E-state index in [-0.39, 0.29) is 0 Å². The molecule has 1 N–H and O–H groups in total. The zero-order valence-corrected chi connectivity index (χ0v) is 12.9. The molecule has 2 aliphatic heterocycles. The Hall–Kier alpha value is -0.160. The van der Waals surface area contributed by atoms with Gasteiger partial charge in [-0.3, -0.25) is 4.90 Å². The van der Waals surface area contributed by atoms with Crippen molar-refractivity contribution >= 4 is 0 Å². The van der Waals surface area contributed by atoms with Crippen LogP contribution in [-0.2, 0) is 4.74 Å². The highest BCUT2D eigenvalue weighted by atomic mass is 16.5. The third kappa shape index (κ3) is 4.42. The third-order valence-electron chi connectivity index (χ3n) is 4.51. The fourth-order valence-corrected chi connectivity index (χ4v) is 3.33. The van der Waals surface area contributed by atoms with Crippen LogP contribution < -0.4 is 5.32 Å². The van der Waals surface area contributed by atoms with E-state index in [0.717, 1.165) is 19.8 Å². The molecule has 0 aromatic rings. The highest BCUT2D eigenvalue weighted by Crippen LogP contribution is 2.18. The molecule has 4 nitrogen and oxygen atoms in total. The maximum absolute atomic E-state index is 5.70. The first kappa shape index (κ1) is 15.2. The van der Waals surface area contributed by atoms with Gasteiger partial charge in [-0.1, -0.05) is 6.92 Å². The van der Waals surface area contributed by atoms with Crippen molar-refractivity contribution in [2.45, 2.75) is 38.8 Å². The summed E-state index contributed by atoms with van der Waals surface area (Å²) in [5.41, 5.74) is 0. The summed E-state index contributed by atoms with van der Waals surface area (Å²) in [7, 11) is 2.24. The molecule has 19 heavy (non-hydrogen) atoms. The van der Waals surface area contributed by atoms with Gasteiger partial charge >= 0.3 is 0 Å². The molecule has 0 radical (unpaired) electrons. The monoisotopic (exact) mass is 269 g/mol. The molecular weight excluding hydrogens is 238 g/mol. The van der Waals surface area contributed by atoms with Crippen molar-refractivity contribution in [1.29, 1.82) is 0 Å². The van der Waals surface area contributed by atoms with Gasteiger partial charge in [0.25, 0.3) is 0 Å². The van der Waals surface area contributed by atoms with Crippen LogP contribution >= 0.6 is 0 Å². The van der Waals surface area contributed by atoms with E-state index < -0.39 is 0 Å². The Morgan fingerprint density at radius 1 is 1.26 bits per heavy atom. The first-order valence-electron chi connectivity index (χ1n) is 7.94. The van der Waals surface area contributed by atoms with Gasteiger partial charge in [0, 0.05) is 31.1 Å². The molecule has 0 aliphatic carbocycles. The van der Waals surface area contributed by atoms with E-state index in [2.05, 4.69) is 36.0 Å². The van der Waals surface area contributed by atoms with Gasteiger partial charge in [-0.05, 0) is 46.4 Å². The lowest BCUT2D eigenvalue weighted by molar-refractivity contribution is 0.146. The second-order valence-corrected chi connectivity index (χ2v) is 6.32. The first-order chi connectivity index (χ1) is 9.20. The zero-order chi connectivity index (χ0) is 13.7. The van der Waals surface area contributed by atoms with Crippen molar-refractivity contribution in [3.8, 4) is 0 Å². The SMILES string of the molecule is CCCNC1COCC1CN1CCCN(C)CC1C. The Balaban J connectivity index is 1.84. The number of rotatable bonds is 5. The van der Waals surface area contributed by atoms with Crippen molar-refractivity contribution < 1.29 is 4.74 Å². The summed E-state index contributed by atoms with van der Waals surface area (Å²) in [5.74, 6) is 0.664. The number of nitrogens with one attached hydrogen (secondary N) is 1. The van der Waals surface area contributed by atoms with Gasteiger partial charge in [-0.25, -0.2) is 0 Å². The van der Waals surface area contributed by atoms with Crippen LogP contribution in [0.5, 0.6) is 0 Å². The minimum absolute atomic E-state index is 0.563. The third-order valence-corrected chi connectivity index (χ3v) is 4.51. The lowest BCUT2D eigenvalue weighted by Crippen LogP contribution is -2.46. The molecule has 3 atom stereocenters. The molecule has 0 aromatic carbocycles. The van der Waals surface area contributed by atoms with Gasteiger partial charge in [0.15, 0.2) is 0 Å². The number of nitrogens with zero attached hydrogens (tertiary/aromatic N) is 2. The summed E-state index contributed by atoms with van der Waals surface area (Å²) in [6.45, 7) is 12.4.